The zero-order valence-corrected chi connectivity index (χ0v) is 12.2. The molecule has 0 bridgehead atoms. The fourth-order valence-electron chi connectivity index (χ4n) is 2.28. The lowest BCUT2D eigenvalue weighted by Gasteiger charge is -2.32. The number of hydrogen-bond acceptors (Lipinski definition) is 2. The van der Waals surface area contributed by atoms with Crippen LogP contribution in [0.25, 0.3) is 0 Å². The normalized spacial score (nSPS) is 15.8. The second kappa shape index (κ2) is 9.00. The summed E-state index contributed by atoms with van der Waals surface area (Å²) in [5.74, 6) is 0.868. The summed E-state index contributed by atoms with van der Waals surface area (Å²) in [4.78, 5) is 2.63. The van der Waals surface area contributed by atoms with E-state index >= 15 is 0 Å². The highest BCUT2D eigenvalue weighted by Crippen LogP contribution is 2.14. The van der Waals surface area contributed by atoms with Crippen molar-refractivity contribution < 1.29 is 0 Å². The lowest BCUT2D eigenvalue weighted by molar-refractivity contribution is 0.165. The third-order valence-corrected chi connectivity index (χ3v) is 3.86. The quantitative estimate of drug-likeness (QED) is 0.652. The van der Waals surface area contributed by atoms with E-state index in [0.29, 0.717) is 12.1 Å². The minimum atomic E-state index is 0.616. The number of nitrogens with one attached hydrogen (secondary N) is 1. The van der Waals surface area contributed by atoms with Gasteiger partial charge in [-0.1, -0.05) is 33.6 Å². The molecule has 0 radical (unpaired) electrons. The van der Waals surface area contributed by atoms with Crippen LogP contribution in [0.2, 0.25) is 0 Å². The smallest absolute Gasteiger partial charge is 0.00816 e. The van der Waals surface area contributed by atoms with Gasteiger partial charge in [0.1, 0.15) is 0 Å². The van der Waals surface area contributed by atoms with Crippen LogP contribution in [0, 0.1) is 5.92 Å². The molecular weight excluding hydrogens is 196 g/mol. The molecule has 0 aromatic rings. The molecule has 16 heavy (non-hydrogen) atoms. The van der Waals surface area contributed by atoms with Crippen LogP contribution in [-0.4, -0.2) is 37.1 Å². The fourth-order valence-corrected chi connectivity index (χ4v) is 2.28. The van der Waals surface area contributed by atoms with Crippen LogP contribution in [0.3, 0.4) is 0 Å². The van der Waals surface area contributed by atoms with E-state index in [-0.39, 0.29) is 0 Å². The average molecular weight is 228 g/mol. The van der Waals surface area contributed by atoms with Gasteiger partial charge in [-0.15, -0.1) is 0 Å². The van der Waals surface area contributed by atoms with Crippen molar-refractivity contribution in [2.75, 3.05) is 20.1 Å². The molecule has 1 N–H and O–H groups in total. The Morgan fingerprint density at radius 3 is 2.00 bits per heavy atom. The summed E-state index contributed by atoms with van der Waals surface area (Å²) < 4.78 is 0. The molecule has 2 heteroatoms. The Bertz CT molecular complexity index is 155. The zero-order valence-electron chi connectivity index (χ0n) is 12.2. The van der Waals surface area contributed by atoms with E-state index in [4.69, 9.17) is 0 Å². The highest BCUT2D eigenvalue weighted by atomic mass is 15.1. The van der Waals surface area contributed by atoms with Crippen LogP contribution in [0.15, 0.2) is 0 Å². The van der Waals surface area contributed by atoms with Crippen molar-refractivity contribution in [2.45, 2.75) is 66.0 Å². The summed E-state index contributed by atoms with van der Waals surface area (Å²) in [5.41, 5.74) is 0. The minimum absolute atomic E-state index is 0.616. The van der Waals surface area contributed by atoms with Crippen molar-refractivity contribution in [1.29, 1.82) is 0 Å². The highest BCUT2D eigenvalue weighted by Gasteiger charge is 2.17. The topological polar surface area (TPSA) is 15.3 Å². The maximum absolute atomic E-state index is 3.33. The molecule has 2 atom stereocenters. The molecule has 0 heterocycles. The van der Waals surface area contributed by atoms with Crippen molar-refractivity contribution in [3.8, 4) is 0 Å². The van der Waals surface area contributed by atoms with E-state index < -0.39 is 0 Å². The molecular formula is C14H32N2. The predicted octanol–water partition coefficient (Wildman–Crippen LogP) is 3.13. The monoisotopic (exact) mass is 228 g/mol. The van der Waals surface area contributed by atoms with E-state index in [2.05, 4.69) is 51.9 Å². The van der Waals surface area contributed by atoms with Crippen molar-refractivity contribution in [1.82, 2.24) is 10.2 Å². The molecule has 0 aliphatic heterocycles. The predicted molar refractivity (Wildman–Crippen MR) is 73.9 cm³/mol. The van der Waals surface area contributed by atoms with Gasteiger partial charge in [0, 0.05) is 18.6 Å². The molecule has 0 aliphatic carbocycles. The van der Waals surface area contributed by atoms with Crippen molar-refractivity contribution in [2.24, 2.45) is 5.92 Å². The largest absolute Gasteiger partial charge is 0.317 e. The van der Waals surface area contributed by atoms with Crippen LogP contribution in [0.5, 0.6) is 0 Å². The maximum atomic E-state index is 3.33. The van der Waals surface area contributed by atoms with E-state index in [1.807, 2.05) is 0 Å². The van der Waals surface area contributed by atoms with Crippen molar-refractivity contribution in [3.63, 3.8) is 0 Å². The maximum Gasteiger partial charge on any atom is 0.00816 e. The second-order valence-corrected chi connectivity index (χ2v) is 5.04. The Morgan fingerprint density at radius 2 is 1.62 bits per heavy atom. The Hall–Kier alpha value is -0.0800. The number of hydrogen-bond donors (Lipinski definition) is 1. The van der Waals surface area contributed by atoms with E-state index in [1.165, 1.54) is 32.4 Å². The zero-order chi connectivity index (χ0) is 12.6. The first kappa shape index (κ1) is 15.9. The van der Waals surface area contributed by atoms with Gasteiger partial charge < -0.3 is 10.2 Å². The summed E-state index contributed by atoms with van der Waals surface area (Å²) in [6.45, 7) is 14.0. The summed E-state index contributed by atoms with van der Waals surface area (Å²) in [5, 5.41) is 3.33. The first-order chi connectivity index (χ1) is 7.58. The average Bonchev–Trinajstić information content (AvgIpc) is 2.30. The van der Waals surface area contributed by atoms with Gasteiger partial charge in [0.2, 0.25) is 0 Å². The molecule has 0 amide bonds. The molecule has 0 saturated heterocycles. The molecule has 0 aromatic carbocycles. The minimum Gasteiger partial charge on any atom is -0.317 e. The Morgan fingerprint density at radius 1 is 1.06 bits per heavy atom. The molecule has 0 spiro atoms. The second-order valence-electron chi connectivity index (χ2n) is 5.04. The van der Waals surface area contributed by atoms with Gasteiger partial charge in [-0.3, -0.25) is 0 Å². The molecule has 0 aromatic heterocycles. The third-order valence-electron chi connectivity index (χ3n) is 3.86. The molecule has 0 fully saturated rings. The van der Waals surface area contributed by atoms with Gasteiger partial charge in [-0.25, -0.2) is 0 Å². The summed E-state index contributed by atoms with van der Waals surface area (Å²) in [6.07, 6.45) is 3.85. The SMILES string of the molecule is CCC(CC)CN(CC)C(C)CC(C)NC. The fraction of sp³-hybridized carbons (Fsp3) is 1.00. The van der Waals surface area contributed by atoms with Crippen LogP contribution in [-0.2, 0) is 0 Å². The summed E-state index contributed by atoms with van der Waals surface area (Å²) >= 11 is 0. The third kappa shape index (κ3) is 5.86. The Balaban J connectivity index is 4.14. The molecule has 0 rings (SSSR count). The highest BCUT2D eigenvalue weighted by molar-refractivity contribution is 4.73. The van der Waals surface area contributed by atoms with Gasteiger partial charge in [0.15, 0.2) is 0 Å². The molecule has 98 valence electrons. The number of nitrogens with zero attached hydrogens (tertiary/aromatic N) is 1. The van der Waals surface area contributed by atoms with Gasteiger partial charge in [-0.05, 0) is 39.8 Å². The Labute approximate surface area is 103 Å². The van der Waals surface area contributed by atoms with Crippen molar-refractivity contribution in [3.05, 3.63) is 0 Å². The van der Waals surface area contributed by atoms with E-state index in [9.17, 15) is 0 Å². The summed E-state index contributed by atoms with van der Waals surface area (Å²) in [7, 11) is 2.05. The van der Waals surface area contributed by atoms with E-state index in [0.717, 1.165) is 5.92 Å². The van der Waals surface area contributed by atoms with Crippen molar-refractivity contribution >= 4 is 0 Å². The Kier molecular flexibility index (Phi) is 8.96. The summed E-state index contributed by atoms with van der Waals surface area (Å²) in [6, 6.07) is 1.30. The van der Waals surface area contributed by atoms with Gasteiger partial charge in [0.25, 0.3) is 0 Å². The van der Waals surface area contributed by atoms with Crippen LogP contribution in [0.4, 0.5) is 0 Å². The molecule has 0 saturated carbocycles. The molecule has 0 aliphatic rings. The first-order valence-corrected chi connectivity index (χ1v) is 7.00. The van der Waals surface area contributed by atoms with Gasteiger partial charge in [-0.2, -0.15) is 0 Å². The van der Waals surface area contributed by atoms with Crippen LogP contribution < -0.4 is 5.32 Å². The number of rotatable bonds is 9. The van der Waals surface area contributed by atoms with Crippen LogP contribution in [0.1, 0.15) is 53.9 Å². The lowest BCUT2D eigenvalue weighted by Crippen LogP contribution is -2.40. The van der Waals surface area contributed by atoms with Crippen LogP contribution >= 0.6 is 0 Å². The molecule has 2 unspecified atom stereocenters. The lowest BCUT2D eigenvalue weighted by atomic mass is 10.0. The van der Waals surface area contributed by atoms with E-state index in [1.54, 1.807) is 0 Å². The van der Waals surface area contributed by atoms with Gasteiger partial charge in [0.05, 0.1) is 0 Å². The first-order valence-electron chi connectivity index (χ1n) is 7.00. The van der Waals surface area contributed by atoms with Gasteiger partial charge >= 0.3 is 0 Å². The molecule has 2 nitrogen and oxygen atoms in total. The standard InChI is InChI=1S/C14H32N2/c1-7-14(8-2)11-16(9-3)13(5)10-12(4)15-6/h12-15H,7-11H2,1-6H3.